The van der Waals surface area contributed by atoms with Crippen LogP contribution in [-0.2, 0) is 0 Å². The largest absolute Gasteiger partial charge is 0.508 e. The first-order valence-corrected chi connectivity index (χ1v) is 6.92. The Hall–Kier alpha value is -1.75. The molecule has 2 unspecified atom stereocenters. The predicted octanol–water partition coefficient (Wildman–Crippen LogP) is 1.77. The van der Waals surface area contributed by atoms with Crippen molar-refractivity contribution >= 4 is 5.91 Å². The highest BCUT2D eigenvalue weighted by atomic mass is 16.3. The van der Waals surface area contributed by atoms with Gasteiger partial charge in [-0.15, -0.1) is 0 Å². The molecule has 5 heteroatoms. The van der Waals surface area contributed by atoms with E-state index in [1.165, 1.54) is 12.1 Å². The van der Waals surface area contributed by atoms with Gasteiger partial charge in [-0.2, -0.15) is 0 Å². The van der Waals surface area contributed by atoms with Crippen LogP contribution in [0.1, 0.15) is 43.0 Å². The molecule has 5 nitrogen and oxygen atoms in total. The molecule has 1 fully saturated rings. The van der Waals surface area contributed by atoms with Gasteiger partial charge in [0.1, 0.15) is 11.5 Å². The summed E-state index contributed by atoms with van der Waals surface area (Å²) in [4.78, 5) is 12.0. The normalized spacial score (nSPS) is 26.2. The fourth-order valence-electron chi connectivity index (χ4n) is 2.87. The number of phenolic OH excluding ortho intramolecular Hbond substituents is 2. The van der Waals surface area contributed by atoms with Crippen LogP contribution in [0.25, 0.3) is 0 Å². The summed E-state index contributed by atoms with van der Waals surface area (Å²) in [5.74, 6) is -0.293. The van der Waals surface area contributed by atoms with Gasteiger partial charge >= 0.3 is 0 Å². The first-order valence-electron chi connectivity index (χ1n) is 6.92. The number of amides is 1. The zero-order chi connectivity index (χ0) is 14.8. The maximum Gasteiger partial charge on any atom is 0.251 e. The van der Waals surface area contributed by atoms with E-state index in [-0.39, 0.29) is 23.6 Å². The van der Waals surface area contributed by atoms with E-state index in [1.807, 2.05) is 0 Å². The van der Waals surface area contributed by atoms with Gasteiger partial charge in [0.15, 0.2) is 0 Å². The van der Waals surface area contributed by atoms with E-state index in [0.29, 0.717) is 18.8 Å². The number of hydrogen-bond acceptors (Lipinski definition) is 4. The second kappa shape index (κ2) is 5.71. The molecular formula is C15H21NO4. The Kier molecular flexibility index (Phi) is 4.18. The van der Waals surface area contributed by atoms with Gasteiger partial charge in [-0.05, 0) is 30.9 Å². The van der Waals surface area contributed by atoms with E-state index in [9.17, 15) is 20.1 Å². The molecule has 1 saturated carbocycles. The fraction of sp³-hybridized carbons (Fsp3) is 0.533. The molecule has 110 valence electrons. The van der Waals surface area contributed by atoms with Gasteiger partial charge in [-0.3, -0.25) is 4.79 Å². The third-order valence-electron chi connectivity index (χ3n) is 3.81. The minimum Gasteiger partial charge on any atom is -0.508 e. The van der Waals surface area contributed by atoms with Gasteiger partial charge in [-0.1, -0.05) is 19.8 Å². The number of phenols is 2. The molecule has 2 atom stereocenters. The zero-order valence-corrected chi connectivity index (χ0v) is 11.6. The van der Waals surface area contributed by atoms with Gasteiger partial charge in [0, 0.05) is 18.2 Å². The summed E-state index contributed by atoms with van der Waals surface area (Å²) >= 11 is 0. The van der Waals surface area contributed by atoms with Crippen molar-refractivity contribution in [3.05, 3.63) is 23.8 Å². The second-order valence-electron chi connectivity index (χ2n) is 5.85. The SMILES string of the molecule is CC1CCCC(O)(CNC(=O)c2cc(O)cc(O)c2)C1. The number of rotatable bonds is 3. The van der Waals surface area contributed by atoms with E-state index in [2.05, 4.69) is 12.2 Å². The molecule has 1 amide bonds. The van der Waals surface area contributed by atoms with Crippen molar-refractivity contribution in [2.24, 2.45) is 5.92 Å². The maximum atomic E-state index is 12.0. The molecule has 0 radical (unpaired) electrons. The van der Waals surface area contributed by atoms with E-state index in [0.717, 1.165) is 18.9 Å². The van der Waals surface area contributed by atoms with Crippen molar-refractivity contribution in [1.29, 1.82) is 0 Å². The summed E-state index contributed by atoms with van der Waals surface area (Å²) in [5.41, 5.74) is -0.679. The smallest absolute Gasteiger partial charge is 0.251 e. The summed E-state index contributed by atoms with van der Waals surface area (Å²) in [6, 6.07) is 3.72. The number of benzene rings is 1. The third-order valence-corrected chi connectivity index (χ3v) is 3.81. The molecule has 1 aromatic carbocycles. The number of nitrogens with one attached hydrogen (secondary N) is 1. The molecule has 1 aromatic rings. The van der Waals surface area contributed by atoms with Gasteiger partial charge in [0.25, 0.3) is 5.91 Å². The van der Waals surface area contributed by atoms with Gasteiger partial charge in [0.2, 0.25) is 0 Å². The third kappa shape index (κ3) is 3.63. The Balaban J connectivity index is 1.98. The van der Waals surface area contributed by atoms with Crippen LogP contribution < -0.4 is 5.32 Å². The topological polar surface area (TPSA) is 89.8 Å². The van der Waals surface area contributed by atoms with Gasteiger partial charge < -0.3 is 20.6 Å². The maximum absolute atomic E-state index is 12.0. The Morgan fingerprint density at radius 2 is 2.00 bits per heavy atom. The summed E-state index contributed by atoms with van der Waals surface area (Å²) in [6.45, 7) is 2.28. The molecule has 4 N–H and O–H groups in total. The van der Waals surface area contributed by atoms with Crippen molar-refractivity contribution in [2.45, 2.75) is 38.2 Å². The van der Waals surface area contributed by atoms with Crippen LogP contribution >= 0.6 is 0 Å². The molecule has 2 rings (SSSR count). The average Bonchev–Trinajstić information content (AvgIpc) is 2.34. The predicted molar refractivity (Wildman–Crippen MR) is 74.7 cm³/mol. The minimum atomic E-state index is -0.855. The standard InChI is InChI=1S/C15H21NO4/c1-10-3-2-4-15(20,8-10)9-16-14(19)11-5-12(17)7-13(18)6-11/h5-7,10,17-18,20H,2-4,8-9H2,1H3,(H,16,19). The summed E-state index contributed by atoms with van der Waals surface area (Å²) in [5, 5.41) is 31.8. The van der Waals surface area contributed by atoms with Crippen molar-refractivity contribution in [3.63, 3.8) is 0 Å². The lowest BCUT2D eigenvalue weighted by atomic mass is 9.79. The lowest BCUT2D eigenvalue weighted by Gasteiger charge is -2.35. The van der Waals surface area contributed by atoms with E-state index >= 15 is 0 Å². The second-order valence-corrected chi connectivity index (χ2v) is 5.85. The molecule has 0 aliphatic heterocycles. The number of carbonyl (C=O) groups is 1. The quantitative estimate of drug-likeness (QED) is 0.679. The Morgan fingerprint density at radius 3 is 2.60 bits per heavy atom. The van der Waals surface area contributed by atoms with Gasteiger partial charge in [-0.25, -0.2) is 0 Å². The average molecular weight is 279 g/mol. The molecular weight excluding hydrogens is 258 g/mol. The van der Waals surface area contributed by atoms with Crippen molar-refractivity contribution < 1.29 is 20.1 Å². The monoisotopic (exact) mass is 279 g/mol. The Labute approximate surface area is 118 Å². The molecule has 0 saturated heterocycles. The van der Waals surface area contributed by atoms with E-state index in [1.54, 1.807) is 0 Å². The molecule has 1 aliphatic rings. The van der Waals surface area contributed by atoms with Gasteiger partial charge in [0.05, 0.1) is 5.60 Å². The van der Waals surface area contributed by atoms with Crippen LogP contribution in [-0.4, -0.2) is 33.4 Å². The number of carbonyl (C=O) groups excluding carboxylic acids is 1. The lowest BCUT2D eigenvalue weighted by molar-refractivity contribution is -0.0109. The first kappa shape index (κ1) is 14.7. The van der Waals surface area contributed by atoms with Crippen LogP contribution in [0, 0.1) is 5.92 Å². The highest BCUT2D eigenvalue weighted by Crippen LogP contribution is 2.31. The molecule has 1 aliphatic carbocycles. The van der Waals surface area contributed by atoms with Crippen LogP contribution in [0.15, 0.2) is 18.2 Å². The van der Waals surface area contributed by atoms with E-state index < -0.39 is 11.5 Å². The number of aromatic hydroxyl groups is 2. The molecule has 0 heterocycles. The van der Waals surface area contributed by atoms with Crippen LogP contribution in [0.5, 0.6) is 11.5 Å². The molecule has 0 spiro atoms. The lowest BCUT2D eigenvalue weighted by Crippen LogP contribution is -2.45. The fourth-order valence-corrected chi connectivity index (χ4v) is 2.87. The highest BCUT2D eigenvalue weighted by Gasteiger charge is 2.32. The summed E-state index contributed by atoms with van der Waals surface area (Å²) in [7, 11) is 0. The van der Waals surface area contributed by atoms with E-state index in [4.69, 9.17) is 0 Å². The summed E-state index contributed by atoms with van der Waals surface area (Å²) < 4.78 is 0. The van der Waals surface area contributed by atoms with Crippen LogP contribution in [0.4, 0.5) is 0 Å². The van der Waals surface area contributed by atoms with Crippen molar-refractivity contribution in [1.82, 2.24) is 5.32 Å². The Morgan fingerprint density at radius 1 is 1.35 bits per heavy atom. The van der Waals surface area contributed by atoms with Crippen molar-refractivity contribution in [3.8, 4) is 11.5 Å². The van der Waals surface area contributed by atoms with Crippen molar-refractivity contribution in [2.75, 3.05) is 6.54 Å². The highest BCUT2D eigenvalue weighted by molar-refractivity contribution is 5.95. The Bertz CT molecular complexity index is 482. The minimum absolute atomic E-state index is 0.167. The number of aliphatic hydroxyl groups is 1. The van der Waals surface area contributed by atoms with Crippen LogP contribution in [0.3, 0.4) is 0 Å². The zero-order valence-electron chi connectivity index (χ0n) is 11.6. The molecule has 0 aromatic heterocycles. The molecule has 0 bridgehead atoms. The first-order chi connectivity index (χ1) is 9.38. The van der Waals surface area contributed by atoms with Crippen LogP contribution in [0.2, 0.25) is 0 Å². The summed E-state index contributed by atoms with van der Waals surface area (Å²) in [6.07, 6.45) is 3.43. The number of hydrogen-bond donors (Lipinski definition) is 4. The molecule has 20 heavy (non-hydrogen) atoms.